The number of para-hydroxylation sites is 2. The minimum absolute atomic E-state index is 0.304. The number of nitrogens with zero attached hydrogens (tertiary/aromatic N) is 6. The van der Waals surface area contributed by atoms with Gasteiger partial charge in [-0.15, -0.1) is 0 Å². The largest absolute Gasteiger partial charge is 0.495 e. The number of fused-ring (bicyclic) bond motifs is 1. The van der Waals surface area contributed by atoms with E-state index in [2.05, 4.69) is 39.9 Å². The number of aliphatic carboxylic acids is 1. The summed E-state index contributed by atoms with van der Waals surface area (Å²) in [4.78, 5) is 43.9. The molecule has 0 radical (unpaired) electrons. The molecule has 0 aliphatic carbocycles. The Hall–Kier alpha value is -3.86. The van der Waals surface area contributed by atoms with E-state index in [1.165, 1.54) is 82.2 Å². The number of anilines is 1. The standard InChI is InChI=1S/C20H26N6O3.C18H34O2/c1-22-18-17(19(27)23(2)20(22)28)26(14-21-18)13-10-24-8-11-25(12-9-24)15-6-4-5-7-16(15)29-3;1-2-3-4-5-6-7-8-9-10-11-12-13-14-15-16-17-18(19)20/h4-7,14H,8-13H2,1-3H3;9-10H,2-8,11-17H2,1H3,(H,19,20)/b;10-9-. The van der Waals surface area contributed by atoms with Gasteiger partial charge in [-0.3, -0.25) is 23.6 Å². The predicted octanol–water partition coefficient (Wildman–Crippen LogP) is 6.37. The van der Waals surface area contributed by atoms with Gasteiger partial charge >= 0.3 is 11.7 Å². The number of aromatic nitrogens is 4. The van der Waals surface area contributed by atoms with E-state index in [1.807, 2.05) is 22.8 Å². The van der Waals surface area contributed by atoms with Gasteiger partial charge in [0.05, 0.1) is 19.1 Å². The molecule has 1 aliphatic rings. The van der Waals surface area contributed by atoms with Crippen molar-refractivity contribution in [3.8, 4) is 5.75 Å². The molecule has 272 valence electrons. The first kappa shape index (κ1) is 39.6. The van der Waals surface area contributed by atoms with E-state index < -0.39 is 5.97 Å². The van der Waals surface area contributed by atoms with Crippen LogP contribution in [0, 0.1) is 0 Å². The van der Waals surface area contributed by atoms with Crippen molar-refractivity contribution in [2.75, 3.05) is 44.7 Å². The molecular weight excluding hydrogens is 620 g/mol. The summed E-state index contributed by atoms with van der Waals surface area (Å²) in [5.74, 6) is 0.231. The number of carboxylic acid groups (broad SMARTS) is 1. The highest BCUT2D eigenvalue weighted by atomic mass is 16.5. The molecule has 0 spiro atoms. The van der Waals surface area contributed by atoms with Gasteiger partial charge in [-0.25, -0.2) is 9.78 Å². The highest BCUT2D eigenvalue weighted by molar-refractivity contribution is 5.70. The molecular formula is C38H60N6O5. The Kier molecular flexibility index (Phi) is 17.7. The Morgan fingerprint density at radius 1 is 0.837 bits per heavy atom. The first-order valence-corrected chi connectivity index (χ1v) is 18.4. The zero-order valence-electron chi connectivity index (χ0n) is 30.4. The van der Waals surface area contributed by atoms with E-state index in [9.17, 15) is 14.4 Å². The highest BCUT2D eigenvalue weighted by Crippen LogP contribution is 2.28. The maximum Gasteiger partial charge on any atom is 0.332 e. The summed E-state index contributed by atoms with van der Waals surface area (Å²) in [6.07, 6.45) is 22.9. The predicted molar refractivity (Wildman–Crippen MR) is 199 cm³/mol. The Labute approximate surface area is 292 Å². The van der Waals surface area contributed by atoms with Crippen molar-refractivity contribution < 1.29 is 14.6 Å². The number of methoxy groups -OCH3 is 1. The maximum absolute atomic E-state index is 12.6. The van der Waals surface area contributed by atoms with Crippen molar-refractivity contribution in [3.05, 3.63) is 63.6 Å². The zero-order chi connectivity index (χ0) is 35.4. The summed E-state index contributed by atoms with van der Waals surface area (Å²) in [6.45, 7) is 7.43. The number of carboxylic acids is 1. The zero-order valence-corrected chi connectivity index (χ0v) is 30.4. The van der Waals surface area contributed by atoms with Gasteiger partial charge in [-0.1, -0.05) is 82.6 Å². The van der Waals surface area contributed by atoms with E-state index in [1.54, 1.807) is 20.5 Å². The van der Waals surface area contributed by atoms with Crippen molar-refractivity contribution in [2.24, 2.45) is 14.1 Å². The third kappa shape index (κ3) is 12.8. The van der Waals surface area contributed by atoms with Crippen LogP contribution in [-0.2, 0) is 25.4 Å². The van der Waals surface area contributed by atoms with Crippen LogP contribution in [0.25, 0.3) is 11.2 Å². The average molecular weight is 681 g/mol. The molecule has 1 N–H and O–H groups in total. The van der Waals surface area contributed by atoms with E-state index in [0.29, 0.717) is 24.1 Å². The second-order valence-corrected chi connectivity index (χ2v) is 13.0. The Morgan fingerprint density at radius 3 is 2.08 bits per heavy atom. The topological polar surface area (TPSA) is 115 Å². The van der Waals surface area contributed by atoms with Crippen LogP contribution in [0.15, 0.2) is 52.3 Å². The molecule has 1 aromatic carbocycles. The molecule has 11 heteroatoms. The van der Waals surface area contributed by atoms with Crippen molar-refractivity contribution in [2.45, 2.75) is 103 Å². The molecule has 0 bridgehead atoms. The van der Waals surface area contributed by atoms with Crippen LogP contribution in [0.4, 0.5) is 5.69 Å². The molecule has 1 aliphatic heterocycles. The van der Waals surface area contributed by atoms with Gasteiger partial charge in [0.2, 0.25) is 0 Å². The van der Waals surface area contributed by atoms with E-state index >= 15 is 0 Å². The van der Waals surface area contributed by atoms with Crippen molar-refractivity contribution in [3.63, 3.8) is 0 Å². The van der Waals surface area contributed by atoms with Gasteiger partial charge in [0.15, 0.2) is 11.2 Å². The number of piperazine rings is 1. The number of benzene rings is 1. The summed E-state index contributed by atoms with van der Waals surface area (Å²) in [6, 6.07) is 8.09. The number of allylic oxidation sites excluding steroid dienone is 2. The molecule has 11 nitrogen and oxygen atoms in total. The fourth-order valence-corrected chi connectivity index (χ4v) is 6.27. The van der Waals surface area contributed by atoms with Crippen LogP contribution in [0.3, 0.4) is 0 Å². The molecule has 0 atom stereocenters. The Balaban J connectivity index is 0.000000288. The smallest absolute Gasteiger partial charge is 0.332 e. The second kappa shape index (κ2) is 22.0. The lowest BCUT2D eigenvalue weighted by molar-refractivity contribution is -0.137. The molecule has 3 heterocycles. The third-order valence-electron chi connectivity index (χ3n) is 9.32. The van der Waals surface area contributed by atoms with E-state index in [0.717, 1.165) is 61.6 Å². The van der Waals surface area contributed by atoms with Crippen molar-refractivity contribution in [1.29, 1.82) is 0 Å². The van der Waals surface area contributed by atoms with Crippen LogP contribution in [-0.4, -0.2) is 74.5 Å². The molecule has 3 aromatic rings. The summed E-state index contributed by atoms with van der Waals surface area (Å²) in [5.41, 5.74) is 1.36. The van der Waals surface area contributed by atoms with Crippen LogP contribution in [0.2, 0.25) is 0 Å². The van der Waals surface area contributed by atoms with Crippen LogP contribution >= 0.6 is 0 Å². The van der Waals surface area contributed by atoms with E-state index in [4.69, 9.17) is 9.84 Å². The minimum atomic E-state index is -0.664. The van der Waals surface area contributed by atoms with Crippen molar-refractivity contribution >= 4 is 22.8 Å². The van der Waals surface area contributed by atoms with Gasteiger partial charge in [0.25, 0.3) is 5.56 Å². The highest BCUT2D eigenvalue weighted by Gasteiger charge is 2.20. The van der Waals surface area contributed by atoms with Crippen LogP contribution in [0.1, 0.15) is 96.8 Å². The number of imidazole rings is 1. The molecule has 2 aromatic heterocycles. The van der Waals surface area contributed by atoms with E-state index in [-0.39, 0.29) is 11.2 Å². The molecule has 1 fully saturated rings. The summed E-state index contributed by atoms with van der Waals surface area (Å²) in [5, 5.41) is 8.51. The Bertz CT molecular complexity index is 1550. The Morgan fingerprint density at radius 2 is 1.45 bits per heavy atom. The number of hydrogen-bond donors (Lipinski definition) is 1. The van der Waals surface area contributed by atoms with Gasteiger partial charge in [0, 0.05) is 59.8 Å². The fourth-order valence-electron chi connectivity index (χ4n) is 6.27. The summed E-state index contributed by atoms with van der Waals surface area (Å²) < 4.78 is 9.88. The lowest BCUT2D eigenvalue weighted by Gasteiger charge is -2.36. The fraction of sp³-hybridized carbons (Fsp3) is 0.632. The normalized spacial score (nSPS) is 13.6. The number of ether oxygens (including phenoxy) is 1. The molecule has 0 amide bonds. The number of rotatable bonds is 20. The average Bonchev–Trinajstić information content (AvgIpc) is 3.55. The molecule has 49 heavy (non-hydrogen) atoms. The summed E-state index contributed by atoms with van der Waals surface area (Å²) >= 11 is 0. The van der Waals surface area contributed by atoms with Gasteiger partial charge in [-0.05, 0) is 44.2 Å². The number of aryl methyl sites for hydroxylation is 1. The summed E-state index contributed by atoms with van der Waals surface area (Å²) in [7, 11) is 4.83. The monoisotopic (exact) mass is 680 g/mol. The lowest BCUT2D eigenvalue weighted by Crippen LogP contribution is -2.47. The maximum atomic E-state index is 12.6. The molecule has 4 rings (SSSR count). The van der Waals surface area contributed by atoms with Crippen LogP contribution in [0.5, 0.6) is 5.75 Å². The van der Waals surface area contributed by atoms with Crippen LogP contribution < -0.4 is 20.9 Å². The minimum Gasteiger partial charge on any atom is -0.495 e. The first-order valence-electron chi connectivity index (χ1n) is 18.4. The second-order valence-electron chi connectivity index (χ2n) is 13.0. The molecule has 0 unspecified atom stereocenters. The number of carbonyl (C=O) groups is 1. The quantitative estimate of drug-likeness (QED) is 0.108. The van der Waals surface area contributed by atoms with Gasteiger partial charge in [-0.2, -0.15) is 0 Å². The SMILES string of the molecule is CCCCCCCC/C=C\CCCCCCCC(=O)O.COc1ccccc1N1CCN(CCn2cnc3c2c(=O)n(C)c(=O)n3C)CC1. The number of hydrogen-bond acceptors (Lipinski definition) is 7. The van der Waals surface area contributed by atoms with Gasteiger partial charge < -0.3 is 19.3 Å². The molecule has 0 saturated carbocycles. The lowest BCUT2D eigenvalue weighted by atomic mass is 10.1. The van der Waals surface area contributed by atoms with Crippen molar-refractivity contribution in [1.82, 2.24) is 23.6 Å². The van der Waals surface area contributed by atoms with Gasteiger partial charge in [0.1, 0.15) is 5.75 Å². The third-order valence-corrected chi connectivity index (χ3v) is 9.32. The first-order chi connectivity index (χ1) is 23.8. The number of unbranched alkanes of at least 4 members (excludes halogenated alkanes) is 11. The molecule has 1 saturated heterocycles.